The molecule has 1 aliphatic rings. The summed E-state index contributed by atoms with van der Waals surface area (Å²) in [5.41, 5.74) is 3.22. The summed E-state index contributed by atoms with van der Waals surface area (Å²) in [7, 11) is 0. The predicted molar refractivity (Wildman–Crippen MR) is 89.6 cm³/mol. The van der Waals surface area contributed by atoms with Gasteiger partial charge in [-0.15, -0.1) is 0 Å². The van der Waals surface area contributed by atoms with Gasteiger partial charge in [-0.3, -0.25) is 4.79 Å². The van der Waals surface area contributed by atoms with Gasteiger partial charge in [-0.05, 0) is 30.9 Å². The molecule has 1 fully saturated rings. The summed E-state index contributed by atoms with van der Waals surface area (Å²) in [6.07, 6.45) is 4.17. The van der Waals surface area contributed by atoms with Crippen molar-refractivity contribution in [2.45, 2.75) is 44.6 Å². The quantitative estimate of drug-likeness (QED) is 0.902. The minimum atomic E-state index is -0.328. The highest BCUT2D eigenvalue weighted by Crippen LogP contribution is 2.41. The third kappa shape index (κ3) is 2.92. The van der Waals surface area contributed by atoms with Gasteiger partial charge in [0.15, 0.2) is 0 Å². The molecule has 2 aromatic carbocycles. The topological polar surface area (TPSA) is 29.1 Å². The summed E-state index contributed by atoms with van der Waals surface area (Å²) in [4.78, 5) is 12.9. The maximum Gasteiger partial charge on any atom is 0.230 e. The molecule has 0 heterocycles. The molecule has 0 unspecified atom stereocenters. The van der Waals surface area contributed by atoms with Gasteiger partial charge in [-0.1, -0.05) is 73.0 Å². The van der Waals surface area contributed by atoms with Crippen molar-refractivity contribution in [1.82, 2.24) is 5.32 Å². The number of carbonyl (C=O) groups excluding carboxylic acids is 1. The third-order valence-corrected chi connectivity index (χ3v) is 4.75. The fourth-order valence-electron chi connectivity index (χ4n) is 3.56. The lowest BCUT2D eigenvalue weighted by atomic mass is 9.78. The normalized spacial score (nSPS) is 16.4. The molecule has 1 aliphatic carbocycles. The average Bonchev–Trinajstić information content (AvgIpc) is 3.04. The van der Waals surface area contributed by atoms with Crippen LogP contribution >= 0.6 is 0 Å². The molecule has 22 heavy (non-hydrogen) atoms. The minimum absolute atomic E-state index is 0.178. The molecule has 0 saturated heterocycles. The molecule has 1 amide bonds. The minimum Gasteiger partial charge on any atom is -0.351 e. The molecule has 0 aromatic heterocycles. The Balaban J connectivity index is 1.76. The van der Waals surface area contributed by atoms with Gasteiger partial charge >= 0.3 is 0 Å². The molecule has 114 valence electrons. The van der Waals surface area contributed by atoms with Gasteiger partial charge in [0.05, 0.1) is 5.41 Å². The predicted octanol–water partition coefficient (Wildman–Crippen LogP) is 4.12. The van der Waals surface area contributed by atoms with Gasteiger partial charge in [0.1, 0.15) is 0 Å². The van der Waals surface area contributed by atoms with Gasteiger partial charge in [0.2, 0.25) is 5.91 Å². The van der Waals surface area contributed by atoms with Crippen LogP contribution in [0.15, 0.2) is 54.6 Å². The van der Waals surface area contributed by atoms with E-state index >= 15 is 0 Å². The van der Waals surface area contributed by atoms with Crippen LogP contribution in [0.25, 0.3) is 0 Å². The van der Waals surface area contributed by atoms with Crippen molar-refractivity contribution in [1.29, 1.82) is 0 Å². The summed E-state index contributed by atoms with van der Waals surface area (Å²) in [6.45, 7) is 2.68. The molecule has 0 bridgehead atoms. The largest absolute Gasteiger partial charge is 0.351 e. The van der Waals surface area contributed by atoms with E-state index < -0.39 is 0 Å². The van der Waals surface area contributed by atoms with Crippen LogP contribution < -0.4 is 5.32 Å². The van der Waals surface area contributed by atoms with E-state index in [1.54, 1.807) is 0 Å². The van der Waals surface area contributed by atoms with Crippen LogP contribution in [0, 0.1) is 6.92 Å². The van der Waals surface area contributed by atoms with Crippen LogP contribution in [0.1, 0.15) is 42.4 Å². The molecule has 0 radical (unpaired) electrons. The van der Waals surface area contributed by atoms with E-state index in [4.69, 9.17) is 0 Å². The summed E-state index contributed by atoms with van der Waals surface area (Å²) >= 11 is 0. The second kappa shape index (κ2) is 6.35. The first-order chi connectivity index (χ1) is 10.7. The van der Waals surface area contributed by atoms with Crippen molar-refractivity contribution in [3.05, 3.63) is 71.3 Å². The molecule has 2 heteroatoms. The van der Waals surface area contributed by atoms with E-state index in [1.165, 1.54) is 5.56 Å². The maximum absolute atomic E-state index is 12.9. The first kappa shape index (κ1) is 14.8. The van der Waals surface area contributed by atoms with E-state index in [2.05, 4.69) is 42.6 Å². The fraction of sp³-hybridized carbons (Fsp3) is 0.350. The lowest BCUT2D eigenvalue weighted by molar-refractivity contribution is -0.126. The molecule has 2 nitrogen and oxygen atoms in total. The van der Waals surface area contributed by atoms with Gasteiger partial charge in [0.25, 0.3) is 0 Å². The molecule has 2 aromatic rings. The fourth-order valence-corrected chi connectivity index (χ4v) is 3.56. The highest BCUT2D eigenvalue weighted by molar-refractivity contribution is 5.88. The van der Waals surface area contributed by atoms with E-state index in [1.807, 2.05) is 24.3 Å². The monoisotopic (exact) mass is 293 g/mol. The number of nitrogens with one attached hydrogen (secondary N) is 1. The first-order valence-electron chi connectivity index (χ1n) is 8.10. The molecule has 1 saturated carbocycles. The molecule has 0 atom stereocenters. The highest BCUT2D eigenvalue weighted by atomic mass is 16.2. The standard InChI is InChI=1S/C20H23NO/c1-16-8-7-9-17(14-16)15-21-19(22)20(12-5-6-13-20)18-10-3-2-4-11-18/h2-4,7-11,14H,5-6,12-13,15H2,1H3,(H,21,22). The van der Waals surface area contributed by atoms with E-state index in [9.17, 15) is 4.79 Å². The molecule has 3 rings (SSSR count). The van der Waals surface area contributed by atoms with Crippen LogP contribution in [0.5, 0.6) is 0 Å². The number of aryl methyl sites for hydroxylation is 1. The Morgan fingerprint density at radius 1 is 1.05 bits per heavy atom. The number of benzene rings is 2. The Morgan fingerprint density at radius 2 is 1.77 bits per heavy atom. The molecule has 0 aliphatic heterocycles. The highest BCUT2D eigenvalue weighted by Gasteiger charge is 2.42. The summed E-state index contributed by atoms with van der Waals surface area (Å²) in [6, 6.07) is 18.6. The average molecular weight is 293 g/mol. The zero-order chi connectivity index (χ0) is 15.4. The van der Waals surface area contributed by atoms with Crippen molar-refractivity contribution < 1.29 is 4.79 Å². The van der Waals surface area contributed by atoms with Crippen LogP contribution in [-0.4, -0.2) is 5.91 Å². The van der Waals surface area contributed by atoms with Crippen molar-refractivity contribution in [3.63, 3.8) is 0 Å². The number of hydrogen-bond donors (Lipinski definition) is 1. The van der Waals surface area contributed by atoms with Gasteiger partial charge in [-0.25, -0.2) is 0 Å². The van der Waals surface area contributed by atoms with Crippen LogP contribution in [0.3, 0.4) is 0 Å². The second-order valence-corrected chi connectivity index (χ2v) is 6.33. The van der Waals surface area contributed by atoms with Crippen molar-refractivity contribution >= 4 is 5.91 Å². The smallest absolute Gasteiger partial charge is 0.230 e. The molecular weight excluding hydrogens is 270 g/mol. The molecule has 1 N–H and O–H groups in total. The van der Waals surface area contributed by atoms with Crippen molar-refractivity contribution in [3.8, 4) is 0 Å². The zero-order valence-corrected chi connectivity index (χ0v) is 13.1. The van der Waals surface area contributed by atoms with Gasteiger partial charge in [-0.2, -0.15) is 0 Å². The van der Waals surface area contributed by atoms with E-state index in [-0.39, 0.29) is 11.3 Å². The van der Waals surface area contributed by atoms with Crippen LogP contribution in [0.4, 0.5) is 0 Å². The Kier molecular flexibility index (Phi) is 4.28. The Morgan fingerprint density at radius 3 is 2.45 bits per heavy atom. The Labute approximate surface area is 132 Å². The van der Waals surface area contributed by atoms with Crippen molar-refractivity contribution in [2.24, 2.45) is 0 Å². The van der Waals surface area contributed by atoms with Gasteiger partial charge < -0.3 is 5.32 Å². The maximum atomic E-state index is 12.9. The Hall–Kier alpha value is -2.09. The van der Waals surface area contributed by atoms with E-state index in [0.717, 1.165) is 36.8 Å². The van der Waals surface area contributed by atoms with Crippen LogP contribution in [-0.2, 0) is 16.8 Å². The summed E-state index contributed by atoms with van der Waals surface area (Å²) < 4.78 is 0. The Bertz CT molecular complexity index is 642. The lowest BCUT2D eigenvalue weighted by Crippen LogP contribution is -2.42. The first-order valence-corrected chi connectivity index (χ1v) is 8.10. The second-order valence-electron chi connectivity index (χ2n) is 6.33. The van der Waals surface area contributed by atoms with Crippen molar-refractivity contribution in [2.75, 3.05) is 0 Å². The lowest BCUT2D eigenvalue weighted by Gasteiger charge is -2.28. The number of rotatable bonds is 4. The zero-order valence-electron chi connectivity index (χ0n) is 13.1. The molecular formula is C20H23NO. The van der Waals surface area contributed by atoms with E-state index in [0.29, 0.717) is 6.54 Å². The SMILES string of the molecule is Cc1cccc(CNC(=O)C2(c3ccccc3)CCCC2)c1. The van der Waals surface area contributed by atoms with Gasteiger partial charge in [0, 0.05) is 6.54 Å². The summed E-state index contributed by atoms with van der Waals surface area (Å²) in [5.74, 6) is 0.178. The van der Waals surface area contributed by atoms with Crippen LogP contribution in [0.2, 0.25) is 0 Å². The number of carbonyl (C=O) groups is 1. The summed E-state index contributed by atoms with van der Waals surface area (Å²) in [5, 5.41) is 3.17. The number of amides is 1. The third-order valence-electron chi connectivity index (χ3n) is 4.75. The number of hydrogen-bond acceptors (Lipinski definition) is 1. The molecule has 0 spiro atoms.